The van der Waals surface area contributed by atoms with E-state index in [9.17, 15) is 18.0 Å². The quantitative estimate of drug-likeness (QED) is 0.693. The normalized spacial score (nSPS) is 15.0. The minimum absolute atomic E-state index is 0.292. The molecular weight excluding hydrogens is 404 g/mol. The number of nitrogens with zero attached hydrogens (tertiary/aromatic N) is 3. The highest BCUT2D eigenvalue weighted by molar-refractivity contribution is 7.89. The molecule has 1 aliphatic rings. The molecule has 30 heavy (non-hydrogen) atoms. The van der Waals surface area contributed by atoms with Crippen LogP contribution >= 0.6 is 0 Å². The van der Waals surface area contributed by atoms with Gasteiger partial charge in [-0.15, -0.1) is 0 Å². The van der Waals surface area contributed by atoms with Crippen molar-refractivity contribution < 1.29 is 18.0 Å². The molecule has 2 amide bonds. The summed E-state index contributed by atoms with van der Waals surface area (Å²) in [6.07, 6.45) is 0. The number of rotatable bonds is 4. The number of hydrogen-bond donors (Lipinski definition) is 1. The van der Waals surface area contributed by atoms with E-state index in [4.69, 9.17) is 0 Å². The smallest absolute Gasteiger partial charge is 0.268 e. The molecule has 2 heterocycles. The van der Waals surface area contributed by atoms with Crippen LogP contribution in [0.25, 0.3) is 5.69 Å². The topological polar surface area (TPSA) is 101 Å². The lowest BCUT2D eigenvalue weighted by Crippen LogP contribution is -2.46. The highest BCUT2D eigenvalue weighted by atomic mass is 32.2. The van der Waals surface area contributed by atoms with Gasteiger partial charge in [-0.05, 0) is 37.6 Å². The number of benzene rings is 2. The Balaban J connectivity index is 1.57. The van der Waals surface area contributed by atoms with Crippen LogP contribution in [0.4, 0.5) is 5.82 Å². The first-order chi connectivity index (χ1) is 14.2. The van der Waals surface area contributed by atoms with Crippen molar-refractivity contribution in [1.29, 1.82) is 0 Å². The summed E-state index contributed by atoms with van der Waals surface area (Å²) < 4.78 is 27.3. The van der Waals surface area contributed by atoms with E-state index >= 15 is 0 Å². The fourth-order valence-electron chi connectivity index (χ4n) is 3.34. The van der Waals surface area contributed by atoms with Crippen LogP contribution in [0.5, 0.6) is 0 Å². The van der Waals surface area contributed by atoms with Crippen molar-refractivity contribution in [2.24, 2.45) is 0 Å². The number of carbonyl (C=O) groups excluding carboxylic acids is 2. The molecule has 0 bridgehead atoms. The van der Waals surface area contributed by atoms with Gasteiger partial charge in [0.15, 0.2) is 0 Å². The number of fused-ring (bicyclic) bond motifs is 1. The van der Waals surface area contributed by atoms with Gasteiger partial charge in [0.2, 0.25) is 15.9 Å². The van der Waals surface area contributed by atoms with Crippen molar-refractivity contribution in [1.82, 2.24) is 14.1 Å². The Kier molecular flexibility index (Phi) is 4.90. The molecule has 154 valence electrons. The molecule has 1 N–H and O–H groups in total. The summed E-state index contributed by atoms with van der Waals surface area (Å²) in [4.78, 5) is 25.4. The highest BCUT2D eigenvalue weighted by Gasteiger charge is 2.37. The minimum atomic E-state index is -3.93. The zero-order chi connectivity index (χ0) is 21.5. The highest BCUT2D eigenvalue weighted by Crippen LogP contribution is 2.25. The number of anilines is 1. The lowest BCUT2D eigenvalue weighted by molar-refractivity contribution is -0.116. The molecule has 3 aromatic rings. The summed E-state index contributed by atoms with van der Waals surface area (Å²) in [6.45, 7) is 3.15. The maximum Gasteiger partial charge on any atom is 0.268 e. The van der Waals surface area contributed by atoms with Crippen LogP contribution in [0.2, 0.25) is 0 Å². The van der Waals surface area contributed by atoms with Crippen molar-refractivity contribution >= 4 is 27.7 Å². The van der Waals surface area contributed by atoms with E-state index in [1.54, 1.807) is 41.9 Å². The molecule has 9 heteroatoms. The van der Waals surface area contributed by atoms with E-state index in [0.717, 1.165) is 11.3 Å². The maximum absolute atomic E-state index is 12.7. The molecule has 0 aliphatic carbocycles. The summed E-state index contributed by atoms with van der Waals surface area (Å²) in [6, 6.07) is 15.8. The van der Waals surface area contributed by atoms with Crippen LogP contribution in [0.15, 0.2) is 54.6 Å². The summed E-state index contributed by atoms with van der Waals surface area (Å²) in [5.41, 5.74) is 3.25. The van der Waals surface area contributed by atoms with Crippen LogP contribution in [-0.2, 0) is 20.6 Å². The lowest BCUT2D eigenvalue weighted by atomic mass is 10.1. The monoisotopic (exact) mass is 424 g/mol. The van der Waals surface area contributed by atoms with E-state index < -0.39 is 28.4 Å². The maximum atomic E-state index is 12.7. The number of aryl methyl sites for hydroxylation is 2. The van der Waals surface area contributed by atoms with Crippen LogP contribution in [0, 0.1) is 13.8 Å². The molecule has 0 saturated heterocycles. The van der Waals surface area contributed by atoms with Gasteiger partial charge in [0.25, 0.3) is 5.91 Å². The second kappa shape index (κ2) is 7.42. The number of carbonyl (C=O) groups is 2. The molecular formula is C21H20N4O4S. The van der Waals surface area contributed by atoms with Gasteiger partial charge in [-0.25, -0.2) is 17.4 Å². The number of sulfonamides is 1. The van der Waals surface area contributed by atoms with Crippen molar-refractivity contribution in [2.45, 2.75) is 19.6 Å². The molecule has 0 unspecified atom stereocenters. The summed E-state index contributed by atoms with van der Waals surface area (Å²) in [7, 11) is -3.93. The Morgan fingerprint density at radius 1 is 1.10 bits per heavy atom. The minimum Gasteiger partial charge on any atom is -0.309 e. The van der Waals surface area contributed by atoms with Crippen molar-refractivity contribution in [2.75, 3.05) is 11.9 Å². The fraction of sp³-hybridized carbons (Fsp3) is 0.190. The predicted octanol–water partition coefficient (Wildman–Crippen LogP) is 2.41. The van der Waals surface area contributed by atoms with Gasteiger partial charge in [0.1, 0.15) is 12.4 Å². The van der Waals surface area contributed by atoms with Gasteiger partial charge in [0, 0.05) is 11.6 Å². The van der Waals surface area contributed by atoms with E-state index in [1.807, 2.05) is 31.2 Å². The van der Waals surface area contributed by atoms with Gasteiger partial charge in [-0.1, -0.05) is 35.9 Å². The summed E-state index contributed by atoms with van der Waals surface area (Å²) >= 11 is 0. The Morgan fingerprint density at radius 2 is 1.80 bits per heavy atom. The molecule has 0 saturated carbocycles. The number of nitrogens with one attached hydrogen (secondary N) is 1. The second-order valence-electron chi connectivity index (χ2n) is 7.19. The van der Waals surface area contributed by atoms with Crippen LogP contribution < -0.4 is 5.32 Å². The van der Waals surface area contributed by atoms with Gasteiger partial charge >= 0.3 is 0 Å². The summed E-state index contributed by atoms with van der Waals surface area (Å²) in [5.74, 6) is -1.25. The van der Waals surface area contributed by atoms with Crippen LogP contribution in [0.3, 0.4) is 0 Å². The molecule has 1 aliphatic heterocycles. The van der Waals surface area contributed by atoms with E-state index in [1.165, 1.54) is 0 Å². The Morgan fingerprint density at radius 3 is 2.53 bits per heavy atom. The largest absolute Gasteiger partial charge is 0.309 e. The van der Waals surface area contributed by atoms with Gasteiger partial charge < -0.3 is 5.32 Å². The molecule has 4 rings (SSSR count). The zero-order valence-corrected chi connectivity index (χ0v) is 17.3. The second-order valence-corrected chi connectivity index (χ2v) is 9.08. The van der Waals surface area contributed by atoms with Crippen molar-refractivity contribution in [3.05, 3.63) is 77.0 Å². The number of aromatic nitrogens is 2. The molecule has 1 aromatic heterocycles. The average Bonchev–Trinajstić information content (AvgIpc) is 3.05. The van der Waals surface area contributed by atoms with Gasteiger partial charge in [0.05, 0.1) is 17.1 Å². The molecule has 0 atom stereocenters. The predicted molar refractivity (Wildman–Crippen MR) is 112 cm³/mol. The van der Waals surface area contributed by atoms with Crippen molar-refractivity contribution in [3.8, 4) is 5.69 Å². The molecule has 0 fully saturated rings. The van der Waals surface area contributed by atoms with Crippen molar-refractivity contribution in [3.63, 3.8) is 0 Å². The first kappa shape index (κ1) is 19.8. The lowest BCUT2D eigenvalue weighted by Gasteiger charge is -2.27. The summed E-state index contributed by atoms with van der Waals surface area (Å²) in [5, 5.41) is 7.06. The Hall–Kier alpha value is -3.46. The fourth-order valence-corrected chi connectivity index (χ4v) is 4.81. The van der Waals surface area contributed by atoms with Crippen LogP contribution in [-0.4, -0.2) is 40.9 Å². The molecule has 0 spiro atoms. The van der Waals surface area contributed by atoms with Gasteiger partial charge in [-0.3, -0.25) is 9.59 Å². The third-order valence-corrected chi connectivity index (χ3v) is 6.46. The molecule has 0 radical (unpaired) electrons. The van der Waals surface area contributed by atoms with Crippen LogP contribution in [0.1, 0.15) is 27.2 Å². The zero-order valence-electron chi connectivity index (χ0n) is 16.5. The average molecular weight is 424 g/mol. The van der Waals surface area contributed by atoms with Gasteiger partial charge in [-0.2, -0.15) is 5.10 Å². The van der Waals surface area contributed by atoms with E-state index in [-0.39, 0.29) is 5.75 Å². The molecule has 2 aromatic carbocycles. The Bertz CT molecular complexity index is 1250. The molecule has 8 nitrogen and oxygen atoms in total. The SMILES string of the molecule is Cc1ccc(-n2nc(C)cc2NC(=O)CN2C(=O)c3ccccc3CS2(=O)=O)cc1. The standard InChI is InChI=1S/C21H20N4O4S/c1-14-7-9-17(10-8-14)25-19(11-15(2)23-25)22-20(26)12-24-21(27)18-6-4-3-5-16(18)13-30(24,28)29/h3-11H,12-13H2,1-2H3,(H,22,26). The third kappa shape index (κ3) is 3.71. The first-order valence-corrected chi connectivity index (χ1v) is 10.9. The Labute approximate surface area is 174 Å². The number of amides is 2. The van der Waals surface area contributed by atoms with E-state index in [2.05, 4.69) is 10.4 Å². The number of hydrogen-bond acceptors (Lipinski definition) is 5. The third-order valence-electron chi connectivity index (χ3n) is 4.81. The van der Waals surface area contributed by atoms with E-state index in [0.29, 0.717) is 26.9 Å². The first-order valence-electron chi connectivity index (χ1n) is 9.31.